The molecule has 5 rings (SSSR count). The van der Waals surface area contributed by atoms with E-state index >= 15 is 0 Å². The fraction of sp³-hybridized carbons (Fsp3) is 0.444. The summed E-state index contributed by atoms with van der Waals surface area (Å²) in [5, 5.41) is 15.1. The van der Waals surface area contributed by atoms with Crippen LogP contribution in [0.3, 0.4) is 0 Å². The number of carboxylic acid groups (broad SMARTS) is 1. The number of carbonyl (C=O) groups excluding carboxylic acids is 2. The molecule has 1 aromatic carbocycles. The summed E-state index contributed by atoms with van der Waals surface area (Å²) in [5.74, 6) is -1.82. The molecule has 0 heterocycles. The Bertz CT molecular complexity index is 729. The fourth-order valence-electron chi connectivity index (χ4n) is 4.51. The molecule has 1 amide bonds. The van der Waals surface area contributed by atoms with E-state index in [4.69, 9.17) is 11.6 Å². The highest BCUT2D eigenvalue weighted by Gasteiger charge is 2.61. The van der Waals surface area contributed by atoms with E-state index in [1.54, 1.807) is 18.2 Å². The molecule has 0 spiro atoms. The van der Waals surface area contributed by atoms with Gasteiger partial charge in [-0.1, -0.05) is 29.8 Å². The Morgan fingerprint density at radius 1 is 1.17 bits per heavy atom. The van der Waals surface area contributed by atoms with Gasteiger partial charge in [-0.15, -0.1) is 0 Å². The van der Waals surface area contributed by atoms with E-state index in [0.717, 1.165) is 12.0 Å². The summed E-state index contributed by atoms with van der Waals surface area (Å²) in [6.07, 6.45) is 5.03. The van der Waals surface area contributed by atoms with Gasteiger partial charge in [0.25, 0.3) is 0 Å². The van der Waals surface area contributed by atoms with Crippen molar-refractivity contribution in [2.75, 3.05) is 5.32 Å². The molecule has 2 fully saturated rings. The predicted octanol–water partition coefficient (Wildman–Crippen LogP) is 2.02. The molecule has 0 unspecified atom stereocenters. The average molecular weight is 331 g/mol. The quantitative estimate of drug-likeness (QED) is 0.862. The first-order valence-corrected chi connectivity index (χ1v) is 8.32. The number of rotatable bonds is 3. The monoisotopic (exact) mass is 330 g/mol. The highest BCUT2D eigenvalue weighted by atomic mass is 35.5. The Morgan fingerprint density at radius 2 is 1.83 bits per heavy atom. The third-order valence-electron chi connectivity index (χ3n) is 5.75. The van der Waals surface area contributed by atoms with Crippen LogP contribution >= 0.6 is 11.6 Å². The van der Waals surface area contributed by atoms with E-state index in [2.05, 4.69) is 5.32 Å². The van der Waals surface area contributed by atoms with Crippen molar-refractivity contribution in [3.05, 3.63) is 40.9 Å². The first-order valence-electron chi connectivity index (χ1n) is 7.94. The summed E-state index contributed by atoms with van der Waals surface area (Å²) in [6.45, 7) is 1.83. The molecule has 2 saturated carbocycles. The maximum absolute atomic E-state index is 12.8. The Hall–Kier alpha value is -1.81. The van der Waals surface area contributed by atoms with Crippen LogP contribution < -0.4 is 10.4 Å². The summed E-state index contributed by atoms with van der Waals surface area (Å²) >= 11 is 6.09. The minimum atomic E-state index is -1.11. The van der Waals surface area contributed by atoms with E-state index in [1.807, 2.05) is 19.1 Å². The summed E-state index contributed by atoms with van der Waals surface area (Å²) in [6, 6.07) is 5.31. The van der Waals surface area contributed by atoms with Gasteiger partial charge in [-0.2, -0.15) is 0 Å². The minimum absolute atomic E-state index is 0.00684. The average Bonchev–Trinajstić information content (AvgIpc) is 3.33. The van der Waals surface area contributed by atoms with E-state index in [9.17, 15) is 14.7 Å². The number of carboxylic acids is 1. The number of aliphatic carboxylic acids is 1. The lowest BCUT2D eigenvalue weighted by Gasteiger charge is -2.44. The maximum atomic E-state index is 12.8. The van der Waals surface area contributed by atoms with Crippen LogP contribution in [0.25, 0.3) is 0 Å². The van der Waals surface area contributed by atoms with Gasteiger partial charge in [0.05, 0.1) is 5.92 Å². The molecule has 0 aliphatic heterocycles. The molecular formula is C18H17ClNO3-. The van der Waals surface area contributed by atoms with Gasteiger partial charge in [0.15, 0.2) is 0 Å². The van der Waals surface area contributed by atoms with Crippen molar-refractivity contribution in [1.82, 2.24) is 0 Å². The van der Waals surface area contributed by atoms with Gasteiger partial charge >= 0.3 is 0 Å². The number of benzene rings is 1. The summed E-state index contributed by atoms with van der Waals surface area (Å²) in [7, 11) is 0. The molecule has 1 aromatic rings. The van der Waals surface area contributed by atoms with Crippen LogP contribution in [0.15, 0.2) is 30.4 Å². The molecule has 6 atom stereocenters. The molecule has 0 radical (unpaired) electrons. The highest BCUT2D eigenvalue weighted by Crippen LogP contribution is 2.63. The number of carbonyl (C=O) groups is 2. The second kappa shape index (κ2) is 5.10. The number of halogens is 1. The van der Waals surface area contributed by atoms with E-state index in [1.165, 1.54) is 0 Å². The van der Waals surface area contributed by atoms with Gasteiger partial charge in [-0.3, -0.25) is 4.79 Å². The molecule has 4 nitrogen and oxygen atoms in total. The number of fused-ring (bicyclic) bond motifs is 1. The van der Waals surface area contributed by atoms with Crippen molar-refractivity contribution in [2.24, 2.45) is 35.5 Å². The zero-order valence-corrected chi connectivity index (χ0v) is 13.4. The molecule has 5 heteroatoms. The molecule has 4 aliphatic rings. The van der Waals surface area contributed by atoms with E-state index < -0.39 is 17.8 Å². The van der Waals surface area contributed by atoms with Gasteiger partial charge < -0.3 is 15.2 Å². The van der Waals surface area contributed by atoms with Crippen molar-refractivity contribution >= 4 is 29.2 Å². The number of amides is 1. The summed E-state index contributed by atoms with van der Waals surface area (Å²) in [5.41, 5.74) is 1.42. The minimum Gasteiger partial charge on any atom is -0.550 e. The normalized spacial score (nSPS) is 36.4. The largest absolute Gasteiger partial charge is 0.550 e. The molecule has 2 bridgehead atoms. The zero-order chi connectivity index (χ0) is 16.3. The van der Waals surface area contributed by atoms with Crippen LogP contribution in [-0.2, 0) is 9.59 Å². The van der Waals surface area contributed by atoms with Gasteiger partial charge in [0.2, 0.25) is 5.91 Å². The van der Waals surface area contributed by atoms with Gasteiger partial charge in [0.1, 0.15) is 0 Å². The summed E-state index contributed by atoms with van der Waals surface area (Å²) in [4.78, 5) is 24.5. The second-order valence-electron chi connectivity index (χ2n) is 6.88. The smallest absolute Gasteiger partial charge is 0.228 e. The molecule has 120 valence electrons. The molecule has 23 heavy (non-hydrogen) atoms. The van der Waals surface area contributed by atoms with Crippen LogP contribution in [-0.4, -0.2) is 11.9 Å². The zero-order valence-electron chi connectivity index (χ0n) is 12.7. The van der Waals surface area contributed by atoms with Crippen LogP contribution in [0, 0.1) is 42.4 Å². The van der Waals surface area contributed by atoms with Crippen molar-refractivity contribution in [3.63, 3.8) is 0 Å². The number of anilines is 1. The molecular weight excluding hydrogens is 314 g/mol. The van der Waals surface area contributed by atoms with Gasteiger partial charge in [0, 0.05) is 22.6 Å². The lowest BCUT2D eigenvalue weighted by atomic mass is 9.62. The lowest BCUT2D eigenvalue weighted by molar-refractivity contribution is -0.316. The van der Waals surface area contributed by atoms with Crippen LogP contribution in [0.1, 0.15) is 12.0 Å². The highest BCUT2D eigenvalue weighted by molar-refractivity contribution is 6.31. The van der Waals surface area contributed by atoms with Crippen LogP contribution in [0.5, 0.6) is 0 Å². The van der Waals surface area contributed by atoms with Crippen molar-refractivity contribution < 1.29 is 14.7 Å². The summed E-state index contributed by atoms with van der Waals surface area (Å²) < 4.78 is 0. The Balaban J connectivity index is 1.63. The Labute approximate surface area is 139 Å². The van der Waals surface area contributed by atoms with Crippen LogP contribution in [0.4, 0.5) is 5.69 Å². The van der Waals surface area contributed by atoms with Crippen LogP contribution in [0.2, 0.25) is 5.02 Å². The number of allylic oxidation sites excluding steroid dienone is 2. The second-order valence-corrected chi connectivity index (χ2v) is 7.28. The number of nitrogens with one attached hydrogen (secondary N) is 1. The van der Waals surface area contributed by atoms with Crippen molar-refractivity contribution in [3.8, 4) is 0 Å². The third-order valence-corrected chi connectivity index (χ3v) is 6.16. The predicted molar refractivity (Wildman–Crippen MR) is 84.5 cm³/mol. The molecule has 4 aliphatic carbocycles. The fourth-order valence-corrected chi connectivity index (χ4v) is 4.69. The van der Waals surface area contributed by atoms with Crippen molar-refractivity contribution in [2.45, 2.75) is 13.3 Å². The lowest BCUT2D eigenvalue weighted by Crippen LogP contribution is -2.52. The van der Waals surface area contributed by atoms with E-state index in [-0.39, 0.29) is 17.7 Å². The standard InChI is InChI=1S/C18H18ClNO3/c1-8-13(19)3-2-4-14(8)20-17(21)15-9-5-6-10(12-7-11(9)12)16(15)18(22)23/h2-6,9-12,15-16H,7H2,1H3,(H,20,21)(H,22,23)/p-1/t9-,10+,11-,12+,15-,16-/m1/s1. The Morgan fingerprint density at radius 3 is 2.48 bits per heavy atom. The van der Waals surface area contributed by atoms with Gasteiger partial charge in [-0.25, -0.2) is 0 Å². The first kappa shape index (κ1) is 14.8. The molecule has 0 aromatic heterocycles. The van der Waals surface area contributed by atoms with Crippen molar-refractivity contribution in [1.29, 1.82) is 0 Å². The number of hydrogen-bond acceptors (Lipinski definition) is 3. The molecule has 1 N–H and O–H groups in total. The molecule has 0 saturated heterocycles. The topological polar surface area (TPSA) is 69.2 Å². The van der Waals surface area contributed by atoms with Gasteiger partial charge in [-0.05, 0) is 54.7 Å². The third kappa shape index (κ3) is 2.19. The first-order chi connectivity index (χ1) is 11.0. The SMILES string of the molecule is Cc1c(Cl)cccc1NC(=O)[C@@H]1[C@@H]2C=C[C@@H]([C@@H]3C[C@H]23)[C@H]1C(=O)[O-]. The number of hydrogen-bond donors (Lipinski definition) is 1. The maximum Gasteiger partial charge on any atom is 0.228 e. The van der Waals surface area contributed by atoms with E-state index in [0.29, 0.717) is 22.5 Å². The Kier molecular flexibility index (Phi) is 3.27.